The number of hydrogen-bond acceptors (Lipinski definition) is 1. The van der Waals surface area contributed by atoms with Crippen molar-refractivity contribution < 1.29 is 0 Å². The van der Waals surface area contributed by atoms with E-state index in [0.717, 1.165) is 6.42 Å². The van der Waals surface area contributed by atoms with Gasteiger partial charge in [0.15, 0.2) is 0 Å². The van der Waals surface area contributed by atoms with Crippen LogP contribution in [0.3, 0.4) is 0 Å². The lowest BCUT2D eigenvalue weighted by Gasteiger charge is -2.30. The third-order valence-corrected chi connectivity index (χ3v) is 4.28. The molecule has 0 amide bonds. The average molecular weight is 237 g/mol. The van der Waals surface area contributed by atoms with E-state index in [9.17, 15) is 0 Å². The van der Waals surface area contributed by atoms with Gasteiger partial charge >= 0.3 is 0 Å². The smallest absolute Gasteiger partial charge is 0.0381 e. The van der Waals surface area contributed by atoms with Crippen molar-refractivity contribution in [1.29, 1.82) is 0 Å². The molecular weight excluding hydrogens is 218 g/mol. The van der Waals surface area contributed by atoms with Gasteiger partial charge in [-0.2, -0.15) is 0 Å². The van der Waals surface area contributed by atoms with Gasteiger partial charge in [0.2, 0.25) is 0 Å². The predicted octanol–water partition coefficient (Wildman–Crippen LogP) is 4.00. The van der Waals surface area contributed by atoms with E-state index in [0.29, 0.717) is 6.04 Å². The molecule has 0 spiro atoms. The van der Waals surface area contributed by atoms with E-state index in [1.165, 1.54) is 16.8 Å². The van der Waals surface area contributed by atoms with Crippen LogP contribution < -0.4 is 5.32 Å². The van der Waals surface area contributed by atoms with E-state index in [1.54, 1.807) is 0 Å². The van der Waals surface area contributed by atoms with Gasteiger partial charge in [0.1, 0.15) is 0 Å². The molecule has 1 aliphatic rings. The molecule has 0 unspecified atom stereocenters. The number of anilines is 1. The zero-order chi connectivity index (χ0) is 12.6. The molecule has 1 nitrogen and oxygen atoms in total. The van der Waals surface area contributed by atoms with Crippen molar-refractivity contribution in [3.05, 3.63) is 65.7 Å². The summed E-state index contributed by atoms with van der Waals surface area (Å²) in [5.41, 5.74) is 4.33. The molecule has 3 rings (SSSR count). The molecule has 1 N–H and O–H groups in total. The van der Waals surface area contributed by atoms with Crippen molar-refractivity contribution in [2.45, 2.75) is 31.7 Å². The zero-order valence-corrected chi connectivity index (χ0v) is 11.0. The number of benzene rings is 2. The molecule has 18 heavy (non-hydrogen) atoms. The maximum atomic E-state index is 3.61. The standard InChI is InChI=1S/C17H19N/c1-13-17(2,12-14-8-4-3-5-9-14)15-10-6-7-11-16(15)18-13/h3-11,13,18H,12H2,1-2H3/t13-,17+/m1/s1. The Morgan fingerprint density at radius 1 is 1.00 bits per heavy atom. The fraction of sp³-hybridized carbons (Fsp3) is 0.294. The van der Waals surface area contributed by atoms with Crippen LogP contribution in [0, 0.1) is 0 Å². The Morgan fingerprint density at radius 3 is 2.44 bits per heavy atom. The maximum absolute atomic E-state index is 3.61. The van der Waals surface area contributed by atoms with E-state index in [4.69, 9.17) is 0 Å². The molecule has 2 atom stereocenters. The van der Waals surface area contributed by atoms with Crippen molar-refractivity contribution in [3.63, 3.8) is 0 Å². The van der Waals surface area contributed by atoms with Crippen LogP contribution in [-0.2, 0) is 11.8 Å². The summed E-state index contributed by atoms with van der Waals surface area (Å²) in [5.74, 6) is 0. The number of nitrogens with one attached hydrogen (secondary N) is 1. The van der Waals surface area contributed by atoms with E-state index < -0.39 is 0 Å². The first-order chi connectivity index (χ1) is 8.70. The Bertz CT molecular complexity index is 547. The Labute approximate surface area is 109 Å². The SMILES string of the molecule is C[C@H]1Nc2ccccc2[C@@]1(C)Cc1ccccc1. The molecule has 0 saturated carbocycles. The molecule has 92 valence electrons. The van der Waals surface area contributed by atoms with Gasteiger partial charge in [0.25, 0.3) is 0 Å². The van der Waals surface area contributed by atoms with Gasteiger partial charge < -0.3 is 5.32 Å². The van der Waals surface area contributed by atoms with Crippen LogP contribution >= 0.6 is 0 Å². The topological polar surface area (TPSA) is 12.0 Å². The van der Waals surface area contributed by atoms with E-state index >= 15 is 0 Å². The van der Waals surface area contributed by atoms with Crippen molar-refractivity contribution in [2.24, 2.45) is 0 Å². The van der Waals surface area contributed by atoms with Gasteiger partial charge in [0, 0.05) is 17.1 Å². The molecule has 0 aromatic heterocycles. The van der Waals surface area contributed by atoms with Crippen LogP contribution in [0.25, 0.3) is 0 Å². The summed E-state index contributed by atoms with van der Waals surface area (Å²) >= 11 is 0. The number of rotatable bonds is 2. The third kappa shape index (κ3) is 1.71. The minimum atomic E-state index is 0.179. The summed E-state index contributed by atoms with van der Waals surface area (Å²) in [7, 11) is 0. The highest BCUT2D eigenvalue weighted by atomic mass is 15.0. The molecule has 0 aliphatic carbocycles. The van der Waals surface area contributed by atoms with Crippen molar-refractivity contribution in [2.75, 3.05) is 5.32 Å². The van der Waals surface area contributed by atoms with Gasteiger partial charge in [-0.3, -0.25) is 0 Å². The van der Waals surface area contributed by atoms with E-state index in [-0.39, 0.29) is 5.41 Å². The maximum Gasteiger partial charge on any atom is 0.0381 e. The van der Waals surface area contributed by atoms with Gasteiger partial charge in [0.05, 0.1) is 0 Å². The van der Waals surface area contributed by atoms with Gasteiger partial charge in [-0.1, -0.05) is 55.5 Å². The second-order valence-electron chi connectivity index (χ2n) is 5.49. The summed E-state index contributed by atoms with van der Waals surface area (Å²) in [5, 5.41) is 3.61. The molecule has 1 aliphatic heterocycles. The average Bonchev–Trinajstić information content (AvgIpc) is 2.63. The van der Waals surface area contributed by atoms with Crippen molar-refractivity contribution >= 4 is 5.69 Å². The van der Waals surface area contributed by atoms with Gasteiger partial charge in [-0.15, -0.1) is 0 Å². The molecule has 2 aromatic rings. The Kier molecular flexibility index (Phi) is 2.62. The number of para-hydroxylation sites is 1. The first kappa shape index (κ1) is 11.3. The minimum Gasteiger partial charge on any atom is -0.381 e. The molecule has 0 bridgehead atoms. The lowest BCUT2D eigenvalue weighted by molar-refractivity contribution is 0.436. The second kappa shape index (κ2) is 4.16. The predicted molar refractivity (Wildman–Crippen MR) is 77.0 cm³/mol. The van der Waals surface area contributed by atoms with Crippen LogP contribution in [0.4, 0.5) is 5.69 Å². The fourth-order valence-corrected chi connectivity index (χ4v) is 3.00. The zero-order valence-electron chi connectivity index (χ0n) is 11.0. The number of hydrogen-bond donors (Lipinski definition) is 1. The molecule has 0 fully saturated rings. The first-order valence-corrected chi connectivity index (χ1v) is 6.60. The summed E-state index contributed by atoms with van der Waals surface area (Å²) in [6, 6.07) is 19.9. The Balaban J connectivity index is 1.99. The van der Waals surface area contributed by atoms with Crippen LogP contribution in [0.1, 0.15) is 25.0 Å². The summed E-state index contributed by atoms with van der Waals surface area (Å²) in [6.45, 7) is 4.65. The highest BCUT2D eigenvalue weighted by molar-refractivity contribution is 5.62. The highest BCUT2D eigenvalue weighted by Crippen LogP contribution is 2.42. The van der Waals surface area contributed by atoms with Gasteiger partial charge in [-0.25, -0.2) is 0 Å². The molecule has 0 radical (unpaired) electrons. The molecule has 2 aromatic carbocycles. The fourth-order valence-electron chi connectivity index (χ4n) is 3.00. The van der Waals surface area contributed by atoms with Crippen LogP contribution in [-0.4, -0.2) is 6.04 Å². The van der Waals surface area contributed by atoms with Gasteiger partial charge in [-0.05, 0) is 30.5 Å². The largest absolute Gasteiger partial charge is 0.381 e. The molecule has 1 heterocycles. The molecular formula is C17H19N. The quantitative estimate of drug-likeness (QED) is 0.832. The Hall–Kier alpha value is -1.76. The lowest BCUT2D eigenvalue weighted by atomic mass is 9.74. The third-order valence-electron chi connectivity index (χ3n) is 4.28. The normalized spacial score (nSPS) is 25.6. The Morgan fingerprint density at radius 2 is 1.67 bits per heavy atom. The summed E-state index contributed by atoms with van der Waals surface area (Å²) in [4.78, 5) is 0. The van der Waals surface area contributed by atoms with Crippen molar-refractivity contribution in [3.8, 4) is 0 Å². The molecule has 1 heteroatoms. The van der Waals surface area contributed by atoms with E-state index in [1.807, 2.05) is 0 Å². The summed E-state index contributed by atoms with van der Waals surface area (Å²) < 4.78 is 0. The number of fused-ring (bicyclic) bond motifs is 1. The van der Waals surface area contributed by atoms with Crippen LogP contribution in [0.2, 0.25) is 0 Å². The second-order valence-corrected chi connectivity index (χ2v) is 5.49. The van der Waals surface area contributed by atoms with Crippen LogP contribution in [0.15, 0.2) is 54.6 Å². The minimum absolute atomic E-state index is 0.179. The highest BCUT2D eigenvalue weighted by Gasteiger charge is 2.40. The van der Waals surface area contributed by atoms with Crippen molar-refractivity contribution in [1.82, 2.24) is 0 Å². The molecule has 0 saturated heterocycles. The monoisotopic (exact) mass is 237 g/mol. The van der Waals surface area contributed by atoms with Crippen LogP contribution in [0.5, 0.6) is 0 Å². The lowest BCUT2D eigenvalue weighted by Crippen LogP contribution is -2.35. The van der Waals surface area contributed by atoms with E-state index in [2.05, 4.69) is 73.8 Å². The first-order valence-electron chi connectivity index (χ1n) is 6.60. The summed E-state index contributed by atoms with van der Waals surface area (Å²) in [6.07, 6.45) is 1.08.